The molecular formula is C16H9F3O3. The van der Waals surface area contributed by atoms with E-state index in [1.807, 2.05) is 0 Å². The molecule has 0 amide bonds. The number of carbonyl (C=O) groups excluding carboxylic acids is 2. The van der Waals surface area contributed by atoms with Gasteiger partial charge in [0.25, 0.3) is 0 Å². The van der Waals surface area contributed by atoms with Gasteiger partial charge in [0.2, 0.25) is 0 Å². The van der Waals surface area contributed by atoms with Gasteiger partial charge in [0.1, 0.15) is 5.57 Å². The number of allylic oxidation sites excluding steroid dienone is 2. The van der Waals surface area contributed by atoms with Crippen LogP contribution in [0.2, 0.25) is 0 Å². The lowest BCUT2D eigenvalue weighted by atomic mass is 9.83. The van der Waals surface area contributed by atoms with Gasteiger partial charge in [-0.2, -0.15) is 13.2 Å². The molecule has 0 fully saturated rings. The third-order valence-electron chi connectivity index (χ3n) is 3.44. The summed E-state index contributed by atoms with van der Waals surface area (Å²) in [5.74, 6) is -1.83. The van der Waals surface area contributed by atoms with Crippen molar-refractivity contribution in [1.29, 1.82) is 0 Å². The Morgan fingerprint density at radius 3 is 2.09 bits per heavy atom. The molecule has 1 heterocycles. The van der Waals surface area contributed by atoms with Crippen LogP contribution < -0.4 is 0 Å². The molecule has 22 heavy (non-hydrogen) atoms. The van der Waals surface area contributed by atoms with Crippen molar-refractivity contribution in [3.05, 3.63) is 65.8 Å². The SMILES string of the molecule is O=C1C=CC2(C=C1)OC(=O)C(C(F)(F)F)=C2c1ccccc1. The zero-order chi connectivity index (χ0) is 16.0. The number of hydrogen-bond donors (Lipinski definition) is 0. The molecule has 0 saturated heterocycles. The summed E-state index contributed by atoms with van der Waals surface area (Å²) in [6.07, 6.45) is -0.317. The predicted octanol–water partition coefficient (Wildman–Crippen LogP) is 2.99. The van der Waals surface area contributed by atoms with E-state index in [0.717, 1.165) is 12.2 Å². The summed E-state index contributed by atoms with van der Waals surface area (Å²) in [5.41, 5.74) is -3.13. The molecule has 0 bridgehead atoms. The zero-order valence-electron chi connectivity index (χ0n) is 11.1. The van der Waals surface area contributed by atoms with Crippen LogP contribution in [-0.2, 0) is 14.3 Å². The molecule has 1 aliphatic carbocycles. The van der Waals surface area contributed by atoms with Crippen LogP contribution in [0, 0.1) is 0 Å². The van der Waals surface area contributed by atoms with Crippen molar-refractivity contribution >= 4 is 17.3 Å². The first-order valence-corrected chi connectivity index (χ1v) is 6.37. The van der Waals surface area contributed by atoms with Gasteiger partial charge in [-0.05, 0) is 29.9 Å². The highest BCUT2D eigenvalue weighted by Gasteiger charge is 2.55. The Kier molecular flexibility index (Phi) is 3.05. The first-order valence-electron chi connectivity index (χ1n) is 6.37. The second-order valence-corrected chi connectivity index (χ2v) is 4.87. The normalized spacial score (nSPS) is 20.0. The van der Waals surface area contributed by atoms with Crippen molar-refractivity contribution in [2.24, 2.45) is 0 Å². The van der Waals surface area contributed by atoms with Gasteiger partial charge >= 0.3 is 12.1 Å². The second kappa shape index (κ2) is 4.69. The standard InChI is InChI=1S/C16H9F3O3/c17-16(18,19)13-12(10-4-2-1-3-5-10)15(22-14(13)21)8-6-11(20)7-9-15/h1-9H. The van der Waals surface area contributed by atoms with E-state index < -0.39 is 23.3 Å². The molecule has 6 heteroatoms. The molecule has 0 N–H and O–H groups in total. The fraction of sp³-hybridized carbons (Fsp3) is 0.125. The number of halogens is 3. The Labute approximate surface area is 123 Å². The number of alkyl halides is 3. The molecule has 3 nitrogen and oxygen atoms in total. The van der Waals surface area contributed by atoms with Gasteiger partial charge in [0.15, 0.2) is 11.4 Å². The van der Waals surface area contributed by atoms with Gasteiger partial charge in [0, 0.05) is 5.57 Å². The molecule has 1 spiro atoms. The van der Waals surface area contributed by atoms with Crippen LogP contribution >= 0.6 is 0 Å². The minimum absolute atomic E-state index is 0.212. The van der Waals surface area contributed by atoms with Gasteiger partial charge in [0.05, 0.1) is 0 Å². The summed E-state index contributed by atoms with van der Waals surface area (Å²) in [6.45, 7) is 0. The highest BCUT2D eigenvalue weighted by Crippen LogP contribution is 2.48. The lowest BCUT2D eigenvalue weighted by molar-refractivity contribution is -0.150. The van der Waals surface area contributed by atoms with Crippen LogP contribution in [0.15, 0.2) is 60.2 Å². The van der Waals surface area contributed by atoms with Crippen molar-refractivity contribution < 1.29 is 27.5 Å². The van der Waals surface area contributed by atoms with E-state index in [-0.39, 0.29) is 16.9 Å². The lowest BCUT2D eigenvalue weighted by Gasteiger charge is -2.26. The molecular weight excluding hydrogens is 297 g/mol. The lowest BCUT2D eigenvalue weighted by Crippen LogP contribution is -2.28. The van der Waals surface area contributed by atoms with Crippen molar-refractivity contribution in [3.63, 3.8) is 0 Å². The van der Waals surface area contributed by atoms with E-state index in [1.165, 1.54) is 24.3 Å². The molecule has 1 aliphatic heterocycles. The minimum Gasteiger partial charge on any atom is -0.442 e. The van der Waals surface area contributed by atoms with E-state index in [0.29, 0.717) is 0 Å². The van der Waals surface area contributed by atoms with E-state index in [9.17, 15) is 22.8 Å². The summed E-state index contributed by atoms with van der Waals surface area (Å²) in [4.78, 5) is 23.1. The van der Waals surface area contributed by atoms with Gasteiger partial charge in [-0.15, -0.1) is 0 Å². The van der Waals surface area contributed by atoms with E-state index in [1.54, 1.807) is 18.2 Å². The molecule has 0 atom stereocenters. The Bertz CT molecular complexity index is 724. The average Bonchev–Trinajstić information content (AvgIpc) is 2.76. The van der Waals surface area contributed by atoms with Crippen molar-refractivity contribution in [2.75, 3.05) is 0 Å². The largest absolute Gasteiger partial charge is 0.442 e. The molecule has 112 valence electrons. The fourth-order valence-electron chi connectivity index (χ4n) is 2.54. The van der Waals surface area contributed by atoms with Crippen LogP contribution in [0.25, 0.3) is 5.57 Å². The number of ketones is 1. The Morgan fingerprint density at radius 2 is 1.55 bits per heavy atom. The van der Waals surface area contributed by atoms with Crippen LogP contribution in [-0.4, -0.2) is 23.5 Å². The summed E-state index contributed by atoms with van der Waals surface area (Å²) >= 11 is 0. The molecule has 1 aromatic carbocycles. The van der Waals surface area contributed by atoms with Crippen molar-refractivity contribution in [2.45, 2.75) is 11.8 Å². The molecule has 1 aromatic rings. The number of benzene rings is 1. The highest BCUT2D eigenvalue weighted by molar-refractivity contribution is 6.09. The highest BCUT2D eigenvalue weighted by atomic mass is 19.4. The van der Waals surface area contributed by atoms with Crippen LogP contribution in [0.5, 0.6) is 0 Å². The van der Waals surface area contributed by atoms with Gasteiger partial charge in [-0.3, -0.25) is 4.79 Å². The minimum atomic E-state index is -4.85. The van der Waals surface area contributed by atoms with Crippen LogP contribution in [0.1, 0.15) is 5.56 Å². The number of esters is 1. The first-order chi connectivity index (χ1) is 10.3. The van der Waals surface area contributed by atoms with Crippen LogP contribution in [0.3, 0.4) is 0 Å². The van der Waals surface area contributed by atoms with Gasteiger partial charge in [-0.25, -0.2) is 4.79 Å². The average molecular weight is 306 g/mol. The maximum atomic E-state index is 13.3. The summed E-state index contributed by atoms with van der Waals surface area (Å²) < 4.78 is 44.8. The maximum Gasteiger partial charge on any atom is 0.423 e. The Balaban J connectivity index is 2.29. The van der Waals surface area contributed by atoms with E-state index in [4.69, 9.17) is 4.74 Å². The third kappa shape index (κ3) is 2.16. The summed E-state index contributed by atoms with van der Waals surface area (Å²) in [5, 5.41) is 0. The van der Waals surface area contributed by atoms with E-state index >= 15 is 0 Å². The van der Waals surface area contributed by atoms with Crippen molar-refractivity contribution in [3.8, 4) is 0 Å². The second-order valence-electron chi connectivity index (χ2n) is 4.87. The number of rotatable bonds is 1. The summed E-state index contributed by atoms with van der Waals surface area (Å²) in [6, 6.07) is 7.70. The topological polar surface area (TPSA) is 43.4 Å². The predicted molar refractivity (Wildman–Crippen MR) is 71.5 cm³/mol. The molecule has 2 aliphatic rings. The maximum absolute atomic E-state index is 13.3. The quantitative estimate of drug-likeness (QED) is 0.749. The molecule has 3 rings (SSSR count). The molecule has 0 aromatic heterocycles. The monoisotopic (exact) mass is 306 g/mol. The summed E-state index contributed by atoms with van der Waals surface area (Å²) in [7, 11) is 0. The fourth-order valence-corrected chi connectivity index (χ4v) is 2.54. The zero-order valence-corrected chi connectivity index (χ0v) is 11.1. The number of carbonyl (C=O) groups is 2. The third-order valence-corrected chi connectivity index (χ3v) is 3.44. The smallest absolute Gasteiger partial charge is 0.423 e. The number of hydrogen-bond acceptors (Lipinski definition) is 3. The van der Waals surface area contributed by atoms with Crippen molar-refractivity contribution in [1.82, 2.24) is 0 Å². The van der Waals surface area contributed by atoms with Gasteiger partial charge in [-0.1, -0.05) is 30.3 Å². The molecule has 0 unspecified atom stereocenters. The Morgan fingerprint density at radius 1 is 0.955 bits per heavy atom. The van der Waals surface area contributed by atoms with Gasteiger partial charge < -0.3 is 4.74 Å². The Hall–Kier alpha value is -2.63. The van der Waals surface area contributed by atoms with E-state index in [2.05, 4.69) is 0 Å². The number of ether oxygens (including phenoxy) is 1. The first kappa shape index (κ1) is 14.3. The van der Waals surface area contributed by atoms with Crippen LogP contribution in [0.4, 0.5) is 13.2 Å². The molecule has 0 radical (unpaired) electrons. The molecule has 0 saturated carbocycles.